The fraction of sp³-hybridized carbons (Fsp3) is 0.0714. The van der Waals surface area contributed by atoms with Crippen molar-refractivity contribution in [3.63, 3.8) is 0 Å². The van der Waals surface area contributed by atoms with Gasteiger partial charge in [-0.1, -0.05) is 11.6 Å². The number of thiazole rings is 1. The minimum atomic E-state index is -0.415. The minimum absolute atomic E-state index is 0.00254. The molecule has 0 aliphatic heterocycles. The normalized spacial score (nSPS) is 10.2. The molecule has 10 heteroatoms. The van der Waals surface area contributed by atoms with Crippen molar-refractivity contribution in [2.24, 2.45) is 0 Å². The number of aryl methyl sites for hydroxylation is 1. The molecule has 0 radical (unpaired) electrons. The third-order valence-electron chi connectivity index (χ3n) is 2.94. The van der Waals surface area contributed by atoms with Crippen LogP contribution in [-0.4, -0.2) is 20.9 Å². The number of H-pyrrole nitrogens is 1. The Morgan fingerprint density at radius 2 is 2.08 bits per heavy atom. The molecule has 7 nitrogen and oxygen atoms in total. The predicted octanol–water partition coefficient (Wildman–Crippen LogP) is 3.55. The second-order valence-corrected chi connectivity index (χ2v) is 7.24. The van der Waals surface area contributed by atoms with Crippen LogP contribution >= 0.6 is 34.3 Å². The monoisotopic (exact) mass is 374 g/mol. The second kappa shape index (κ2) is 6.42. The van der Waals surface area contributed by atoms with Crippen LogP contribution in [0, 0.1) is 29.6 Å². The number of carbonyl (C=O) groups is 1. The molecule has 1 amide bonds. The molecule has 0 spiro atoms. The van der Waals surface area contributed by atoms with E-state index in [2.05, 4.69) is 20.3 Å². The highest BCUT2D eigenvalue weighted by atomic mass is 35.5. The zero-order valence-corrected chi connectivity index (χ0v) is 14.4. The van der Waals surface area contributed by atoms with E-state index in [0.29, 0.717) is 19.9 Å². The van der Waals surface area contributed by atoms with E-state index in [-0.39, 0.29) is 17.3 Å². The summed E-state index contributed by atoms with van der Waals surface area (Å²) in [5, 5.41) is 21.0. The van der Waals surface area contributed by atoms with Crippen molar-refractivity contribution in [1.29, 1.82) is 10.5 Å². The molecule has 0 aliphatic rings. The van der Waals surface area contributed by atoms with E-state index >= 15 is 0 Å². The quantitative estimate of drug-likeness (QED) is 0.726. The van der Waals surface area contributed by atoms with E-state index in [1.54, 1.807) is 25.1 Å². The number of nitriles is 2. The van der Waals surface area contributed by atoms with Gasteiger partial charge in [0.15, 0.2) is 11.4 Å². The smallest absolute Gasteiger partial charge is 0.269 e. The summed E-state index contributed by atoms with van der Waals surface area (Å²) in [5.41, 5.74) is 0.509. The maximum absolute atomic E-state index is 12.4. The van der Waals surface area contributed by atoms with Crippen LogP contribution in [0.4, 0.5) is 5.95 Å². The second-order valence-electron chi connectivity index (χ2n) is 4.52. The van der Waals surface area contributed by atoms with Crippen LogP contribution in [0.2, 0.25) is 4.34 Å². The fourth-order valence-corrected chi connectivity index (χ4v) is 3.96. The Kier molecular flexibility index (Phi) is 4.32. The number of nitrogens with one attached hydrogen (secondary N) is 2. The van der Waals surface area contributed by atoms with Gasteiger partial charge in [-0.3, -0.25) is 10.1 Å². The minimum Gasteiger partial charge on any atom is -0.314 e. The van der Waals surface area contributed by atoms with E-state index in [1.165, 1.54) is 22.7 Å². The van der Waals surface area contributed by atoms with Crippen LogP contribution in [0.5, 0.6) is 0 Å². The zero-order valence-electron chi connectivity index (χ0n) is 12.0. The molecule has 0 saturated carbocycles. The average Bonchev–Trinajstić information content (AvgIpc) is 3.25. The number of imidazole rings is 1. The molecule has 0 saturated heterocycles. The van der Waals surface area contributed by atoms with Crippen LogP contribution in [0.15, 0.2) is 12.1 Å². The SMILES string of the molecule is Cc1nc(-c2ccc(Cl)s2)sc1C(=O)Nc1nc(C#N)c(C#N)[nH]1. The number of anilines is 1. The Morgan fingerprint density at radius 3 is 2.67 bits per heavy atom. The topological polar surface area (TPSA) is 118 Å². The Balaban J connectivity index is 1.86. The van der Waals surface area contributed by atoms with Gasteiger partial charge >= 0.3 is 0 Å². The molecule has 3 heterocycles. The van der Waals surface area contributed by atoms with Crippen molar-refractivity contribution < 1.29 is 4.79 Å². The number of aromatic nitrogens is 3. The molecule has 0 unspecified atom stereocenters. The first-order chi connectivity index (χ1) is 11.5. The lowest BCUT2D eigenvalue weighted by Crippen LogP contribution is -2.12. The molecule has 3 aromatic rings. The summed E-state index contributed by atoms with van der Waals surface area (Å²) in [7, 11) is 0. The zero-order chi connectivity index (χ0) is 17.3. The van der Waals surface area contributed by atoms with Crippen LogP contribution in [0.25, 0.3) is 9.88 Å². The molecule has 0 atom stereocenters. The first-order valence-corrected chi connectivity index (χ1v) is 8.47. The van der Waals surface area contributed by atoms with E-state index in [4.69, 9.17) is 22.1 Å². The largest absolute Gasteiger partial charge is 0.314 e. The molecule has 118 valence electrons. The Hall–Kier alpha value is -2.72. The number of carbonyl (C=O) groups excluding carboxylic acids is 1. The van der Waals surface area contributed by atoms with E-state index in [0.717, 1.165) is 4.88 Å². The molecule has 0 fully saturated rings. The number of thiophene rings is 1. The van der Waals surface area contributed by atoms with Crippen molar-refractivity contribution in [2.45, 2.75) is 6.92 Å². The molecule has 0 aromatic carbocycles. The van der Waals surface area contributed by atoms with Gasteiger partial charge < -0.3 is 4.98 Å². The van der Waals surface area contributed by atoms with Gasteiger partial charge in [0.1, 0.15) is 22.0 Å². The van der Waals surface area contributed by atoms with Crippen LogP contribution in [-0.2, 0) is 0 Å². The lowest BCUT2D eigenvalue weighted by molar-refractivity contribution is 0.102. The summed E-state index contributed by atoms with van der Waals surface area (Å²) >= 11 is 8.54. The van der Waals surface area contributed by atoms with Gasteiger partial charge in [-0.25, -0.2) is 9.97 Å². The molecule has 0 bridgehead atoms. The number of halogens is 1. The summed E-state index contributed by atoms with van der Waals surface area (Å²) < 4.78 is 0.646. The number of hydrogen-bond acceptors (Lipinski definition) is 7. The predicted molar refractivity (Wildman–Crippen MR) is 91.1 cm³/mol. The van der Waals surface area contributed by atoms with Crippen molar-refractivity contribution >= 4 is 46.1 Å². The molecule has 2 N–H and O–H groups in total. The van der Waals surface area contributed by atoms with Gasteiger partial charge in [0, 0.05) is 0 Å². The van der Waals surface area contributed by atoms with Crippen molar-refractivity contribution in [3.05, 3.63) is 38.4 Å². The van der Waals surface area contributed by atoms with E-state index in [9.17, 15) is 4.79 Å². The third kappa shape index (κ3) is 3.01. The molecule has 0 aliphatic carbocycles. The maximum atomic E-state index is 12.4. The first kappa shape index (κ1) is 16.1. The summed E-state index contributed by atoms with van der Waals surface area (Å²) in [6, 6.07) is 7.21. The number of aromatic amines is 1. The highest BCUT2D eigenvalue weighted by molar-refractivity contribution is 7.24. The van der Waals surface area contributed by atoms with Gasteiger partial charge in [-0.05, 0) is 19.1 Å². The summed E-state index contributed by atoms with van der Waals surface area (Å²) in [5.74, 6) is -0.372. The average molecular weight is 375 g/mol. The molecule has 3 aromatic heterocycles. The highest BCUT2D eigenvalue weighted by Gasteiger charge is 2.19. The van der Waals surface area contributed by atoms with E-state index < -0.39 is 5.91 Å². The van der Waals surface area contributed by atoms with Gasteiger partial charge in [-0.15, -0.1) is 22.7 Å². The van der Waals surface area contributed by atoms with E-state index in [1.807, 2.05) is 6.07 Å². The molecular weight excluding hydrogens is 368 g/mol. The van der Waals surface area contributed by atoms with Gasteiger partial charge in [-0.2, -0.15) is 10.5 Å². The first-order valence-electron chi connectivity index (χ1n) is 6.46. The van der Waals surface area contributed by atoms with Crippen molar-refractivity contribution in [3.8, 4) is 22.0 Å². The van der Waals surface area contributed by atoms with Crippen molar-refractivity contribution in [2.75, 3.05) is 5.32 Å². The summed E-state index contributed by atoms with van der Waals surface area (Å²) in [4.78, 5) is 24.5. The lowest BCUT2D eigenvalue weighted by atomic mass is 10.4. The van der Waals surface area contributed by atoms with Crippen molar-refractivity contribution in [1.82, 2.24) is 15.0 Å². The number of nitrogens with zero attached hydrogens (tertiary/aromatic N) is 4. The Morgan fingerprint density at radius 1 is 1.29 bits per heavy atom. The Bertz CT molecular complexity index is 988. The maximum Gasteiger partial charge on any atom is 0.269 e. The number of hydrogen-bond donors (Lipinski definition) is 2. The van der Waals surface area contributed by atoms with Crippen LogP contribution < -0.4 is 5.32 Å². The number of rotatable bonds is 3. The summed E-state index contributed by atoms with van der Waals surface area (Å²) in [6.45, 7) is 1.73. The number of amides is 1. The van der Waals surface area contributed by atoms with Crippen LogP contribution in [0.1, 0.15) is 26.8 Å². The third-order valence-corrected chi connectivity index (χ3v) is 5.50. The summed E-state index contributed by atoms with van der Waals surface area (Å²) in [6.07, 6.45) is 0. The molecule has 3 rings (SSSR count). The van der Waals surface area contributed by atoms with Gasteiger partial charge in [0.25, 0.3) is 5.91 Å². The molecule has 24 heavy (non-hydrogen) atoms. The van der Waals surface area contributed by atoms with Gasteiger partial charge in [0.2, 0.25) is 5.95 Å². The molecular formula is C14H7ClN6OS2. The standard InChI is InChI=1S/C14H7ClN6OS2/c1-6-11(24-13(18-6)9-2-3-10(15)23-9)12(22)21-14-19-7(4-16)8(5-17)20-14/h2-3H,1H3,(H2,19,20,21,22). The van der Waals surface area contributed by atoms with Gasteiger partial charge in [0.05, 0.1) is 14.9 Å². The Labute approximate surface area is 149 Å². The lowest BCUT2D eigenvalue weighted by Gasteiger charge is -1.98. The van der Waals surface area contributed by atoms with Crippen LogP contribution in [0.3, 0.4) is 0 Å². The highest BCUT2D eigenvalue weighted by Crippen LogP contribution is 2.35. The fourth-order valence-electron chi connectivity index (χ4n) is 1.90.